The van der Waals surface area contributed by atoms with Crippen molar-refractivity contribution >= 4 is 7.82 Å². The van der Waals surface area contributed by atoms with Crippen molar-refractivity contribution in [1.82, 2.24) is 5.06 Å². The number of phosphoric ester groups is 1. The third kappa shape index (κ3) is 4.30. The molecule has 0 atom stereocenters. The number of hydroxylamine groups is 2. The first-order chi connectivity index (χ1) is 6.94. The van der Waals surface area contributed by atoms with E-state index >= 15 is 0 Å². The highest BCUT2D eigenvalue weighted by Crippen LogP contribution is 2.45. The minimum absolute atomic E-state index is 0. The summed E-state index contributed by atoms with van der Waals surface area (Å²) in [5, 5.41) is 11.2. The third-order valence-corrected chi connectivity index (χ3v) is 3.46. The zero-order chi connectivity index (χ0) is 12.8. The maximum absolute atomic E-state index is 10.8. The second kappa shape index (κ2) is 4.93. The molecule has 0 aliphatic carbocycles. The topological polar surface area (TPSA) is 122 Å². The van der Waals surface area contributed by atoms with E-state index in [1.54, 1.807) is 0 Å². The van der Waals surface area contributed by atoms with Gasteiger partial charge in [0.2, 0.25) is 0 Å². The lowest BCUT2D eigenvalue weighted by atomic mass is 9.80. The van der Waals surface area contributed by atoms with Crippen molar-refractivity contribution < 1.29 is 29.6 Å². The molecule has 0 radical (unpaired) electrons. The summed E-state index contributed by atoms with van der Waals surface area (Å²) in [6.45, 7) is 7.24. The van der Waals surface area contributed by atoms with E-state index in [9.17, 15) is 9.77 Å². The molecular formula is C9H22NO6P. The van der Waals surface area contributed by atoms with E-state index < -0.39 is 25.0 Å². The van der Waals surface area contributed by atoms with Crippen LogP contribution in [0.2, 0.25) is 0 Å². The Morgan fingerprint density at radius 1 is 1.18 bits per heavy atom. The normalized spacial score (nSPS) is 25.4. The van der Waals surface area contributed by atoms with E-state index in [1.807, 2.05) is 27.7 Å². The van der Waals surface area contributed by atoms with Crippen LogP contribution in [0, 0.1) is 0 Å². The highest BCUT2D eigenvalue weighted by atomic mass is 31.2. The van der Waals surface area contributed by atoms with Crippen LogP contribution in [0.3, 0.4) is 0 Å². The second-order valence-corrected chi connectivity index (χ2v) is 6.75. The van der Waals surface area contributed by atoms with Gasteiger partial charge in [-0.3, -0.25) is 4.52 Å². The molecule has 0 saturated carbocycles. The van der Waals surface area contributed by atoms with E-state index in [-0.39, 0.29) is 5.48 Å². The molecule has 0 unspecified atom stereocenters. The lowest BCUT2D eigenvalue weighted by molar-refractivity contribution is -0.255. The molecule has 7 nitrogen and oxygen atoms in total. The summed E-state index contributed by atoms with van der Waals surface area (Å²) in [4.78, 5) is 17.6. The fourth-order valence-corrected chi connectivity index (χ4v) is 2.98. The number of hydrogen-bond donors (Lipinski definition) is 3. The van der Waals surface area contributed by atoms with E-state index in [4.69, 9.17) is 14.3 Å². The van der Waals surface area contributed by atoms with E-state index in [0.29, 0.717) is 12.8 Å². The van der Waals surface area contributed by atoms with Gasteiger partial charge in [-0.25, -0.2) is 4.57 Å². The highest BCUT2D eigenvalue weighted by molar-refractivity contribution is 7.46. The lowest BCUT2D eigenvalue weighted by Gasteiger charge is -2.51. The SMILES string of the molecule is CC1(C)CC(OP(=O)(O)O)CC(C)(C)N1O.O. The van der Waals surface area contributed by atoms with E-state index in [0.717, 1.165) is 0 Å². The smallest absolute Gasteiger partial charge is 0.412 e. The average molecular weight is 271 g/mol. The molecule has 1 fully saturated rings. The van der Waals surface area contributed by atoms with Crippen LogP contribution in [0.1, 0.15) is 40.5 Å². The predicted octanol–water partition coefficient (Wildman–Crippen LogP) is 0.682. The van der Waals surface area contributed by atoms with Crippen molar-refractivity contribution in [3.63, 3.8) is 0 Å². The van der Waals surface area contributed by atoms with Crippen molar-refractivity contribution in [2.45, 2.75) is 57.7 Å². The number of phosphoric acid groups is 1. The van der Waals surface area contributed by atoms with Gasteiger partial charge in [0.25, 0.3) is 0 Å². The molecular weight excluding hydrogens is 249 g/mol. The van der Waals surface area contributed by atoms with Crippen LogP contribution < -0.4 is 0 Å². The first-order valence-electron chi connectivity index (χ1n) is 5.17. The summed E-state index contributed by atoms with van der Waals surface area (Å²) < 4.78 is 15.5. The molecule has 1 aliphatic rings. The van der Waals surface area contributed by atoms with Gasteiger partial charge in [0.05, 0.1) is 6.10 Å². The summed E-state index contributed by atoms with van der Waals surface area (Å²) in [5.74, 6) is 0. The van der Waals surface area contributed by atoms with Crippen LogP contribution in [0.25, 0.3) is 0 Å². The quantitative estimate of drug-likeness (QED) is 0.635. The minimum Gasteiger partial charge on any atom is -0.412 e. The average Bonchev–Trinajstić information content (AvgIpc) is 1.95. The van der Waals surface area contributed by atoms with Crippen molar-refractivity contribution in [2.24, 2.45) is 0 Å². The minimum atomic E-state index is -4.47. The summed E-state index contributed by atoms with van der Waals surface area (Å²) in [6.07, 6.45) is 0.199. The molecule has 1 rings (SSSR count). The summed E-state index contributed by atoms with van der Waals surface area (Å²) in [7, 11) is -4.47. The van der Waals surface area contributed by atoms with Gasteiger partial charge in [-0.2, -0.15) is 5.06 Å². The van der Waals surface area contributed by atoms with Gasteiger partial charge in [0, 0.05) is 11.1 Å². The summed E-state index contributed by atoms with van der Waals surface area (Å²) >= 11 is 0. The largest absolute Gasteiger partial charge is 0.469 e. The Morgan fingerprint density at radius 2 is 1.53 bits per heavy atom. The molecule has 5 N–H and O–H groups in total. The van der Waals surface area contributed by atoms with Gasteiger partial charge in [-0.15, -0.1) is 0 Å². The molecule has 0 spiro atoms. The number of hydrogen-bond acceptors (Lipinski definition) is 4. The molecule has 0 amide bonds. The molecule has 8 heteroatoms. The molecule has 0 aromatic carbocycles. The molecule has 17 heavy (non-hydrogen) atoms. The highest BCUT2D eigenvalue weighted by Gasteiger charge is 2.46. The number of piperidine rings is 1. The van der Waals surface area contributed by atoms with E-state index in [1.165, 1.54) is 5.06 Å². The zero-order valence-corrected chi connectivity index (χ0v) is 11.4. The van der Waals surface area contributed by atoms with Gasteiger partial charge in [-0.1, -0.05) is 0 Å². The standard InChI is InChI=1S/C9H20NO5P.H2O/c1-8(2)5-7(15-16(12,13)14)6-9(3,4)10(8)11;/h7,11H,5-6H2,1-4H3,(H2,12,13,14);1H2. The molecule has 1 aliphatic heterocycles. The Morgan fingerprint density at radius 3 is 1.82 bits per heavy atom. The maximum atomic E-state index is 10.8. The Balaban J connectivity index is 0.00000256. The van der Waals surface area contributed by atoms with Crippen LogP contribution in [0.15, 0.2) is 0 Å². The third-order valence-electron chi connectivity index (χ3n) is 2.89. The Bertz CT molecular complexity index is 295. The Kier molecular flexibility index (Phi) is 4.93. The van der Waals surface area contributed by atoms with Crippen molar-refractivity contribution in [2.75, 3.05) is 0 Å². The van der Waals surface area contributed by atoms with Crippen LogP contribution >= 0.6 is 7.82 Å². The molecule has 0 aromatic rings. The van der Waals surface area contributed by atoms with Crippen LogP contribution in [-0.4, -0.2) is 42.7 Å². The number of nitrogens with zero attached hydrogens (tertiary/aromatic N) is 1. The lowest BCUT2D eigenvalue weighted by Crippen LogP contribution is -2.60. The van der Waals surface area contributed by atoms with E-state index in [2.05, 4.69) is 0 Å². The molecule has 0 aromatic heterocycles. The fraction of sp³-hybridized carbons (Fsp3) is 1.00. The fourth-order valence-electron chi connectivity index (χ4n) is 2.45. The van der Waals surface area contributed by atoms with Gasteiger partial charge in [0.15, 0.2) is 0 Å². The predicted molar refractivity (Wildman–Crippen MR) is 61.5 cm³/mol. The van der Waals surface area contributed by atoms with Gasteiger partial charge >= 0.3 is 7.82 Å². The Hall–Kier alpha value is -0.0100. The van der Waals surface area contributed by atoms with Crippen LogP contribution in [0.5, 0.6) is 0 Å². The molecule has 1 saturated heterocycles. The summed E-state index contributed by atoms with van der Waals surface area (Å²) in [6, 6.07) is 0. The maximum Gasteiger partial charge on any atom is 0.469 e. The number of rotatable bonds is 2. The molecule has 1 heterocycles. The first kappa shape index (κ1) is 17.0. The van der Waals surface area contributed by atoms with Crippen molar-refractivity contribution in [3.05, 3.63) is 0 Å². The van der Waals surface area contributed by atoms with Gasteiger partial charge in [0.1, 0.15) is 0 Å². The van der Waals surface area contributed by atoms with Gasteiger partial charge < -0.3 is 20.5 Å². The second-order valence-electron chi connectivity index (χ2n) is 5.56. The van der Waals surface area contributed by atoms with Gasteiger partial charge in [-0.05, 0) is 40.5 Å². The first-order valence-corrected chi connectivity index (χ1v) is 6.70. The van der Waals surface area contributed by atoms with Crippen LogP contribution in [-0.2, 0) is 9.09 Å². The summed E-state index contributed by atoms with van der Waals surface area (Å²) in [5.41, 5.74) is -1.14. The van der Waals surface area contributed by atoms with Crippen molar-refractivity contribution in [3.8, 4) is 0 Å². The zero-order valence-electron chi connectivity index (χ0n) is 10.5. The van der Waals surface area contributed by atoms with Crippen molar-refractivity contribution in [1.29, 1.82) is 0 Å². The molecule has 104 valence electrons. The molecule has 0 bridgehead atoms. The van der Waals surface area contributed by atoms with Crippen LogP contribution in [0.4, 0.5) is 0 Å². The Labute approximate surface area is 101 Å². The monoisotopic (exact) mass is 271 g/mol.